The molecule has 1 unspecified atom stereocenters. The van der Waals surface area contributed by atoms with Crippen LogP contribution in [0.15, 0.2) is 78.9 Å². The van der Waals surface area contributed by atoms with Crippen LogP contribution in [-0.4, -0.2) is 41.9 Å². The van der Waals surface area contributed by atoms with Crippen LogP contribution in [0.4, 0.5) is 32.2 Å². The van der Waals surface area contributed by atoms with Crippen LogP contribution in [0.2, 0.25) is 0 Å². The molecule has 2 heterocycles. The fourth-order valence-corrected chi connectivity index (χ4v) is 5.40. The zero-order valence-corrected chi connectivity index (χ0v) is 25.2. The summed E-state index contributed by atoms with van der Waals surface area (Å²) < 4.78 is 95.3. The number of aromatic nitrogens is 2. The van der Waals surface area contributed by atoms with Crippen LogP contribution in [0.3, 0.4) is 0 Å². The minimum atomic E-state index is -5.03. The maximum Gasteiger partial charge on any atom is 0.436 e. The van der Waals surface area contributed by atoms with E-state index in [1.807, 2.05) is 30.3 Å². The van der Waals surface area contributed by atoms with E-state index in [0.29, 0.717) is 5.56 Å². The molecule has 2 atom stereocenters. The van der Waals surface area contributed by atoms with Crippen molar-refractivity contribution in [1.29, 1.82) is 0 Å². The molecule has 1 aromatic heterocycles. The quantitative estimate of drug-likeness (QED) is 0.146. The lowest BCUT2D eigenvalue weighted by Crippen LogP contribution is -2.31. The summed E-state index contributed by atoms with van der Waals surface area (Å²) in [7, 11) is 1.22. The van der Waals surface area contributed by atoms with E-state index >= 15 is 0 Å². The second kappa shape index (κ2) is 13.5. The topological polar surface area (TPSA) is 85.7 Å². The number of alkyl halides is 6. The van der Waals surface area contributed by atoms with E-state index < -0.39 is 53.1 Å². The molecule has 0 bridgehead atoms. The van der Waals surface area contributed by atoms with Crippen LogP contribution in [0.25, 0.3) is 0 Å². The van der Waals surface area contributed by atoms with Gasteiger partial charge < -0.3 is 19.7 Å². The average molecular weight is 661 g/mol. The van der Waals surface area contributed by atoms with Crippen molar-refractivity contribution >= 4 is 17.7 Å². The lowest BCUT2D eigenvalue weighted by atomic mass is 10.1. The second-order valence-electron chi connectivity index (χ2n) is 11.0. The first kappa shape index (κ1) is 33.5. The molecule has 3 aromatic carbocycles. The molecule has 1 amide bonds. The van der Waals surface area contributed by atoms with Gasteiger partial charge in [0.05, 0.1) is 43.5 Å². The van der Waals surface area contributed by atoms with Gasteiger partial charge in [0.15, 0.2) is 5.69 Å². The maximum atomic E-state index is 14.4. The van der Waals surface area contributed by atoms with Gasteiger partial charge in [-0.2, -0.15) is 31.4 Å². The highest BCUT2D eigenvalue weighted by atomic mass is 19.4. The Morgan fingerprint density at radius 2 is 1.62 bits per heavy atom. The van der Waals surface area contributed by atoms with Crippen LogP contribution in [0, 0.1) is 0 Å². The van der Waals surface area contributed by atoms with Crippen molar-refractivity contribution in [2.75, 3.05) is 25.2 Å². The van der Waals surface area contributed by atoms with E-state index in [2.05, 4.69) is 15.2 Å². The molecule has 248 valence electrons. The van der Waals surface area contributed by atoms with Gasteiger partial charge in [-0.1, -0.05) is 54.6 Å². The molecule has 1 N–H and O–H groups in total. The lowest BCUT2D eigenvalue weighted by molar-refractivity contribution is -0.142. The van der Waals surface area contributed by atoms with Crippen molar-refractivity contribution in [2.45, 2.75) is 44.5 Å². The summed E-state index contributed by atoms with van der Waals surface area (Å²) in [6, 6.07) is 18.0. The fourth-order valence-electron chi connectivity index (χ4n) is 5.40. The van der Waals surface area contributed by atoms with Gasteiger partial charge in [-0.25, -0.2) is 9.48 Å². The number of anilines is 1. The van der Waals surface area contributed by atoms with Gasteiger partial charge in [0.1, 0.15) is 11.4 Å². The molecule has 0 saturated heterocycles. The number of hydrogen-bond donors (Lipinski definition) is 1. The molecule has 0 aliphatic carbocycles. The molecular weight excluding hydrogens is 630 g/mol. The second-order valence-corrected chi connectivity index (χ2v) is 11.0. The summed E-state index contributed by atoms with van der Waals surface area (Å²) in [4.78, 5) is 26.9. The minimum Gasteiger partial charge on any atom is -0.465 e. The van der Waals surface area contributed by atoms with Crippen molar-refractivity contribution < 1.29 is 45.4 Å². The molecule has 4 aromatic rings. The van der Waals surface area contributed by atoms with Gasteiger partial charge in [0, 0.05) is 13.1 Å². The number of ether oxygens (including phenoxy) is 2. The van der Waals surface area contributed by atoms with Gasteiger partial charge >= 0.3 is 18.3 Å². The fraction of sp³-hybridized carbons (Fsp3) is 0.303. The third kappa shape index (κ3) is 7.59. The Morgan fingerprint density at radius 1 is 0.936 bits per heavy atom. The molecule has 0 fully saturated rings. The largest absolute Gasteiger partial charge is 0.465 e. The lowest BCUT2D eigenvalue weighted by Gasteiger charge is -2.22. The molecule has 8 nitrogen and oxygen atoms in total. The Balaban J connectivity index is 1.49. The molecule has 5 rings (SSSR count). The molecule has 0 saturated carbocycles. The van der Waals surface area contributed by atoms with Crippen molar-refractivity contribution in [3.05, 3.63) is 118 Å². The Hall–Kier alpha value is -4.85. The number of esters is 1. The van der Waals surface area contributed by atoms with E-state index in [1.165, 1.54) is 48.4 Å². The number of carbonyl (C=O) groups is 2. The number of hydrogen-bond acceptors (Lipinski definition) is 6. The number of benzene rings is 3. The average Bonchev–Trinajstić information content (AvgIpc) is 3.59. The van der Waals surface area contributed by atoms with Crippen LogP contribution < -0.4 is 10.2 Å². The number of methoxy groups -OCH3 is 1. The van der Waals surface area contributed by atoms with Gasteiger partial charge in [-0.15, -0.1) is 0 Å². The van der Waals surface area contributed by atoms with E-state index in [0.717, 1.165) is 22.4 Å². The number of nitrogens with one attached hydrogen (secondary N) is 1. The molecule has 0 spiro atoms. The van der Waals surface area contributed by atoms with Gasteiger partial charge in [0.2, 0.25) is 0 Å². The first-order chi connectivity index (χ1) is 22.3. The summed E-state index contributed by atoms with van der Waals surface area (Å²) in [6.07, 6.45) is -9.66. The molecular formula is C33H30F6N4O4. The van der Waals surface area contributed by atoms with Gasteiger partial charge in [0.25, 0.3) is 5.91 Å². The Kier molecular flexibility index (Phi) is 9.61. The SMILES string of the molecule is COC(=O)c1ccc(C(C)NC(=O)c2c(C(F)(F)F)nn3c2N(Cc2cccc(C(F)(F)F)c2)C[C@H]3COCc2ccccc2)cc1. The van der Waals surface area contributed by atoms with Gasteiger partial charge in [-0.05, 0) is 47.9 Å². The van der Waals surface area contributed by atoms with Gasteiger partial charge in [-0.3, -0.25) is 4.79 Å². The summed E-state index contributed by atoms with van der Waals surface area (Å²) in [5.41, 5.74) is -1.35. The molecule has 0 radical (unpaired) electrons. The normalized spacial score (nSPS) is 15.3. The Morgan fingerprint density at radius 3 is 2.26 bits per heavy atom. The van der Waals surface area contributed by atoms with E-state index in [1.54, 1.807) is 6.92 Å². The predicted molar refractivity (Wildman–Crippen MR) is 159 cm³/mol. The zero-order chi connectivity index (χ0) is 33.9. The number of amides is 1. The maximum absolute atomic E-state index is 14.4. The number of nitrogens with zero attached hydrogens (tertiary/aromatic N) is 3. The van der Waals surface area contributed by atoms with Crippen LogP contribution in [-0.2, 0) is 35.0 Å². The van der Waals surface area contributed by atoms with Crippen LogP contribution in [0.1, 0.15) is 67.7 Å². The van der Waals surface area contributed by atoms with E-state index in [9.17, 15) is 35.9 Å². The van der Waals surface area contributed by atoms with E-state index in [4.69, 9.17) is 4.74 Å². The highest BCUT2D eigenvalue weighted by Gasteiger charge is 2.46. The summed E-state index contributed by atoms with van der Waals surface area (Å²) >= 11 is 0. The smallest absolute Gasteiger partial charge is 0.436 e. The predicted octanol–water partition coefficient (Wildman–Crippen LogP) is 6.98. The number of rotatable bonds is 10. The third-order valence-electron chi connectivity index (χ3n) is 7.69. The first-order valence-corrected chi connectivity index (χ1v) is 14.5. The van der Waals surface area contributed by atoms with Crippen LogP contribution >= 0.6 is 0 Å². The minimum absolute atomic E-state index is 0.0241. The Bertz CT molecular complexity index is 1720. The first-order valence-electron chi connectivity index (χ1n) is 14.5. The monoisotopic (exact) mass is 660 g/mol. The highest BCUT2D eigenvalue weighted by Crippen LogP contribution is 2.42. The number of carbonyl (C=O) groups excluding carboxylic acids is 2. The summed E-state index contributed by atoms with van der Waals surface area (Å²) in [5, 5.41) is 6.42. The molecule has 14 heteroatoms. The summed E-state index contributed by atoms with van der Waals surface area (Å²) in [6.45, 7) is 1.43. The van der Waals surface area contributed by atoms with E-state index in [-0.39, 0.29) is 43.2 Å². The standard InChI is InChI=1S/C33H30F6N4O4/c1-20(23-11-13-24(14-12-23)31(45)46-2)40-29(44)27-28(33(37,38)39)41-43-26(19-47-18-21-7-4-3-5-8-21)17-42(30(27)43)16-22-9-6-10-25(15-22)32(34,35)36/h3-15,20,26H,16-19H2,1-2H3,(H,40,44)/t20?,26-/m0/s1. The number of fused-ring (bicyclic) bond motifs is 1. The zero-order valence-electron chi connectivity index (χ0n) is 25.2. The molecule has 47 heavy (non-hydrogen) atoms. The highest BCUT2D eigenvalue weighted by molar-refractivity contribution is 6.01. The van der Waals surface area contributed by atoms with Crippen molar-refractivity contribution in [3.63, 3.8) is 0 Å². The Labute approximate surface area is 265 Å². The summed E-state index contributed by atoms with van der Waals surface area (Å²) in [5.74, 6) is -1.85. The third-order valence-corrected chi connectivity index (χ3v) is 7.69. The molecule has 1 aliphatic rings. The van der Waals surface area contributed by atoms with Crippen molar-refractivity contribution in [3.8, 4) is 0 Å². The molecule has 1 aliphatic heterocycles. The van der Waals surface area contributed by atoms with Crippen molar-refractivity contribution in [1.82, 2.24) is 15.1 Å². The number of halogens is 6. The van der Waals surface area contributed by atoms with Crippen molar-refractivity contribution in [2.24, 2.45) is 0 Å². The van der Waals surface area contributed by atoms with Crippen LogP contribution in [0.5, 0.6) is 0 Å².